The second kappa shape index (κ2) is 35.3. The lowest BCUT2D eigenvalue weighted by Crippen LogP contribution is -2.17. The molecule has 0 spiro atoms. The molecule has 0 radical (unpaired) electrons. The number of aromatic nitrogens is 12. The molecule has 694 valence electrons. The van der Waals surface area contributed by atoms with Gasteiger partial charge in [-0.1, -0.05) is 212 Å². The van der Waals surface area contributed by atoms with Gasteiger partial charge >= 0.3 is 0 Å². The van der Waals surface area contributed by atoms with Gasteiger partial charge in [0.1, 0.15) is 0 Å². The number of ketones is 2. The molecule has 0 saturated carbocycles. The second-order valence-corrected chi connectivity index (χ2v) is 37.1. The maximum absolute atomic E-state index is 17.8. The highest BCUT2D eigenvalue weighted by atomic mass is 16.1. The number of hydrogen-bond acceptors (Lipinski definition) is 14. The molecule has 28 aromatic rings. The summed E-state index contributed by atoms with van der Waals surface area (Å²) in [5, 5.41) is 15.3. The Bertz CT molecular complexity index is 9810. The summed E-state index contributed by atoms with van der Waals surface area (Å²) in [6.45, 7) is 0. The maximum atomic E-state index is 17.8. The average Bonchev–Trinajstić information content (AvgIpc) is 1.51. The van der Waals surface area contributed by atoms with Crippen LogP contribution in [0.25, 0.3) is 164 Å². The zero-order valence-corrected chi connectivity index (χ0v) is 79.3. The third kappa shape index (κ3) is 14.2. The topological polar surface area (TPSA) is 170 Å². The van der Waals surface area contributed by atoms with E-state index in [4.69, 9.17) is 9.97 Å². The number of hydrogen-bond donors (Lipinski definition) is 0. The third-order valence-electron chi connectivity index (χ3n) is 28.8. The molecule has 28 rings (SSSR count). The first kappa shape index (κ1) is 85.5. The van der Waals surface area contributed by atoms with Crippen LogP contribution in [-0.2, 0) is 0 Å². The summed E-state index contributed by atoms with van der Waals surface area (Å²) in [5.74, 6) is -0.449. The number of nitrogens with zero attached hydrogens (tertiary/aromatic N) is 16. The number of fused-ring (bicyclic) bond motifs is 16. The van der Waals surface area contributed by atoms with Crippen molar-refractivity contribution in [3.05, 3.63) is 522 Å². The Morgan fingerprint density at radius 3 is 0.777 bits per heavy atom. The molecule has 12 heterocycles. The van der Waals surface area contributed by atoms with Crippen molar-refractivity contribution in [3.8, 4) is 34.0 Å². The van der Waals surface area contributed by atoms with E-state index >= 15 is 9.59 Å². The fraction of sp³-hybridized carbons (Fsp3) is 0. The minimum Gasteiger partial charge on any atom is -0.310 e. The van der Waals surface area contributed by atoms with Crippen molar-refractivity contribution in [2.24, 2.45) is 0 Å². The summed E-state index contributed by atoms with van der Waals surface area (Å²) < 4.78 is 8.86. The standard InChI is InChI=1S/C130H82N16O2/c147-129(86-64-94(139(90-30-5-1-6-31-90)115-44-19-27-83-24-13-16-38-102(83)115)72-95(65-86)140(91-32-7-2-8-33-91)116-45-20-28-84-25-14-17-39-103(84)116)87-66-96(141(92-34-9-3-10-35-92)117-46-21-29-85-26-15-18-40-104(85)117)73-97(67-87)142(93-36-11-4-12-37-93)118-47-23-41-105-106(118)42-22-43-107(105)128-127-114-82-137-62-54-125(114)146(126(127)55-63-138-128)101-71-89(70-100(75-101)145-123-52-60-135-80-112(123)113-81-136-61-53-124(113)145)130(148)88-68-98(143-119-48-56-131-76-108(119)109-77-132-57-49-120(109)143)74-99(69-88)144-121-50-58-133-78-110(121)111-79-134-59-51-122(111)144/h1-82H. The molecule has 18 nitrogen and oxygen atoms in total. The fourth-order valence-electron chi connectivity index (χ4n) is 22.4. The molecule has 0 saturated heterocycles. The van der Waals surface area contributed by atoms with Crippen LogP contribution in [0.2, 0.25) is 0 Å². The molecule has 0 aliphatic carbocycles. The minimum absolute atomic E-state index is 0.217. The highest BCUT2D eigenvalue weighted by Gasteiger charge is 2.32. The van der Waals surface area contributed by atoms with E-state index in [0.29, 0.717) is 39.3 Å². The molecule has 0 aliphatic heterocycles. The van der Waals surface area contributed by atoms with Crippen molar-refractivity contribution in [2.75, 3.05) is 19.6 Å². The van der Waals surface area contributed by atoms with E-state index in [1.165, 1.54) is 0 Å². The third-order valence-corrected chi connectivity index (χ3v) is 28.8. The Hall–Kier alpha value is -20.5. The fourth-order valence-corrected chi connectivity index (χ4v) is 22.4. The maximum Gasteiger partial charge on any atom is 0.193 e. The summed E-state index contributed by atoms with van der Waals surface area (Å²) in [5.41, 5.74) is 23.4. The number of pyridine rings is 8. The van der Waals surface area contributed by atoms with Crippen LogP contribution < -0.4 is 19.6 Å². The Balaban J connectivity index is 0.649. The molecule has 0 N–H and O–H groups in total. The van der Waals surface area contributed by atoms with Crippen molar-refractivity contribution in [2.45, 2.75) is 0 Å². The van der Waals surface area contributed by atoms with Crippen molar-refractivity contribution in [3.63, 3.8) is 0 Å². The Morgan fingerprint density at radius 1 is 0.189 bits per heavy atom. The second-order valence-electron chi connectivity index (χ2n) is 37.1. The molecular formula is C130H82N16O2. The summed E-state index contributed by atoms with van der Waals surface area (Å²) >= 11 is 0. The molecule has 0 aliphatic rings. The van der Waals surface area contributed by atoms with Crippen molar-refractivity contribution in [1.82, 2.24) is 58.1 Å². The predicted octanol–water partition coefficient (Wildman–Crippen LogP) is 31.9. The van der Waals surface area contributed by atoms with Gasteiger partial charge in [-0.25, -0.2) is 0 Å². The molecular weight excluding hydrogens is 1820 g/mol. The molecule has 0 bridgehead atoms. The molecule has 148 heavy (non-hydrogen) atoms. The van der Waals surface area contributed by atoms with Gasteiger partial charge in [-0.3, -0.25) is 49.5 Å². The van der Waals surface area contributed by atoms with Gasteiger partial charge < -0.3 is 37.9 Å². The number of rotatable bonds is 21. The largest absolute Gasteiger partial charge is 0.310 e. The average molecular weight is 1900 g/mol. The Labute approximate surface area is 847 Å². The number of anilines is 12. The van der Waals surface area contributed by atoms with Gasteiger partial charge in [0.2, 0.25) is 0 Å². The summed E-state index contributed by atoms with van der Waals surface area (Å²) in [6.07, 6.45) is 27.7. The lowest BCUT2D eigenvalue weighted by molar-refractivity contribution is 0.103. The number of para-hydroxylation sites is 4. The zero-order chi connectivity index (χ0) is 98.0. The lowest BCUT2D eigenvalue weighted by Gasteiger charge is -2.32. The van der Waals surface area contributed by atoms with Crippen LogP contribution in [0.5, 0.6) is 0 Å². The first-order chi connectivity index (χ1) is 73.3. The first-order valence-corrected chi connectivity index (χ1v) is 49.1. The van der Waals surface area contributed by atoms with E-state index in [9.17, 15) is 0 Å². The van der Waals surface area contributed by atoms with Gasteiger partial charge in [-0.05, 0) is 216 Å². The highest BCUT2D eigenvalue weighted by Crippen LogP contribution is 2.52. The van der Waals surface area contributed by atoms with Crippen molar-refractivity contribution in [1.29, 1.82) is 0 Å². The van der Waals surface area contributed by atoms with Crippen molar-refractivity contribution < 1.29 is 9.59 Å². The number of benzene rings is 16. The zero-order valence-electron chi connectivity index (χ0n) is 79.3. The van der Waals surface area contributed by atoms with E-state index in [1.807, 2.05) is 159 Å². The molecule has 0 fully saturated rings. The van der Waals surface area contributed by atoms with Crippen LogP contribution in [0.1, 0.15) is 31.8 Å². The summed E-state index contributed by atoms with van der Waals surface area (Å²) in [4.78, 5) is 82.3. The van der Waals surface area contributed by atoms with E-state index in [1.54, 1.807) is 24.8 Å². The quantitative estimate of drug-likeness (QED) is 0.0623. The minimum atomic E-state index is -0.233. The highest BCUT2D eigenvalue weighted by molar-refractivity contribution is 6.21. The monoisotopic (exact) mass is 1900 g/mol. The SMILES string of the molecule is O=C(c1cc(N(c2ccccc2)c2cccc3ccccc23)cc(N(c2ccccc2)c2cccc3ccccc23)c1)c1cc(N(c2ccccc2)c2cccc3ccccc23)cc(N(c2ccccc2)c2cccc3c(-c4nccc5c4c4cnccc4n5-c4cc(C(=O)c5cc(-n6c7ccncc7c7cnccc76)cc(-n6c7ccncc7c7cnccc76)c5)cc(-n5c6ccncc6c6cnccc65)c4)cccc23)c1. The Morgan fingerprint density at radius 2 is 0.439 bits per heavy atom. The van der Waals surface area contributed by atoms with Crippen LogP contribution in [0.4, 0.5) is 68.2 Å². The van der Waals surface area contributed by atoms with Crippen molar-refractivity contribution >= 4 is 210 Å². The summed E-state index contributed by atoms with van der Waals surface area (Å²) in [7, 11) is 0. The van der Waals surface area contributed by atoms with E-state index in [0.717, 1.165) is 216 Å². The van der Waals surface area contributed by atoms with Crippen LogP contribution in [0, 0.1) is 0 Å². The van der Waals surface area contributed by atoms with Gasteiger partial charge in [-0.2, -0.15) is 0 Å². The first-order valence-electron chi connectivity index (χ1n) is 49.1. The molecule has 16 aromatic carbocycles. The molecule has 0 unspecified atom stereocenters. The van der Waals surface area contributed by atoms with Crippen LogP contribution in [0.15, 0.2) is 499 Å². The van der Waals surface area contributed by atoms with Crippen LogP contribution >= 0.6 is 0 Å². The summed E-state index contributed by atoms with van der Waals surface area (Å²) in [6, 6.07) is 141. The predicted molar refractivity (Wildman–Crippen MR) is 600 cm³/mol. The van der Waals surface area contributed by atoms with E-state index in [2.05, 4.69) is 383 Å². The van der Waals surface area contributed by atoms with E-state index < -0.39 is 0 Å². The lowest BCUT2D eigenvalue weighted by atomic mass is 9.96. The molecule has 18 heteroatoms. The molecule has 0 atom stereocenters. The van der Waals surface area contributed by atoms with Gasteiger partial charge in [0.05, 0.1) is 72.6 Å². The Kier molecular flexibility index (Phi) is 20.4. The van der Waals surface area contributed by atoms with Crippen LogP contribution in [-0.4, -0.2) is 69.7 Å². The van der Waals surface area contributed by atoms with Gasteiger partial charge in [0.25, 0.3) is 0 Å². The van der Waals surface area contributed by atoms with Gasteiger partial charge in [-0.15, -0.1) is 0 Å². The molecule has 12 aromatic heterocycles. The normalized spacial score (nSPS) is 11.7. The van der Waals surface area contributed by atoms with Gasteiger partial charge in [0, 0.05) is 254 Å². The number of carbonyl (C=O) groups excluding carboxylic acids is 2. The van der Waals surface area contributed by atoms with Crippen LogP contribution in [0.3, 0.4) is 0 Å². The number of carbonyl (C=O) groups is 2. The smallest absolute Gasteiger partial charge is 0.193 e. The van der Waals surface area contributed by atoms with Gasteiger partial charge in [0.15, 0.2) is 11.6 Å². The van der Waals surface area contributed by atoms with E-state index in [-0.39, 0.29) is 11.6 Å². The molecule has 0 amide bonds.